The van der Waals surface area contributed by atoms with Crippen LogP contribution in [0.3, 0.4) is 0 Å². The van der Waals surface area contributed by atoms with Gasteiger partial charge in [0.25, 0.3) is 0 Å². The third-order valence-electron chi connectivity index (χ3n) is 4.56. The molecule has 4 heteroatoms. The fourth-order valence-corrected chi connectivity index (χ4v) is 3.20. The van der Waals surface area contributed by atoms with Crippen LogP contribution in [0.15, 0.2) is 11.6 Å². The molecule has 0 aromatic heterocycles. The Morgan fingerprint density at radius 3 is 2.33 bits per heavy atom. The number of carbonyl (C=O) groups excluding carboxylic acids is 2. The summed E-state index contributed by atoms with van der Waals surface area (Å²) in [5.74, 6) is 0.352. The van der Waals surface area contributed by atoms with E-state index >= 15 is 0 Å². The zero-order valence-electron chi connectivity index (χ0n) is 14.1. The van der Waals surface area contributed by atoms with E-state index in [1.165, 1.54) is 0 Å². The molecule has 2 atom stereocenters. The number of amides is 2. The maximum Gasteiger partial charge on any atom is 0.249 e. The average Bonchev–Trinajstić information content (AvgIpc) is 3.13. The molecule has 1 heterocycles. The number of hydrogen-bond acceptors (Lipinski definition) is 2. The van der Waals surface area contributed by atoms with Crippen LogP contribution in [0.1, 0.15) is 54.4 Å². The van der Waals surface area contributed by atoms with Gasteiger partial charge in [-0.3, -0.25) is 9.59 Å². The number of rotatable bonds is 3. The van der Waals surface area contributed by atoms with Crippen LogP contribution >= 0.6 is 0 Å². The molecule has 0 bridgehead atoms. The van der Waals surface area contributed by atoms with E-state index in [-0.39, 0.29) is 17.2 Å². The van der Waals surface area contributed by atoms with Gasteiger partial charge in [0.15, 0.2) is 0 Å². The number of piperazine rings is 1. The fourth-order valence-electron chi connectivity index (χ4n) is 3.20. The van der Waals surface area contributed by atoms with Gasteiger partial charge < -0.3 is 10.2 Å². The van der Waals surface area contributed by atoms with E-state index in [9.17, 15) is 9.59 Å². The predicted octanol–water partition coefficient (Wildman–Crippen LogP) is 2.49. The Morgan fingerprint density at radius 2 is 1.90 bits per heavy atom. The van der Waals surface area contributed by atoms with Gasteiger partial charge >= 0.3 is 0 Å². The smallest absolute Gasteiger partial charge is 0.249 e. The van der Waals surface area contributed by atoms with E-state index in [1.54, 1.807) is 4.90 Å². The monoisotopic (exact) mass is 292 g/mol. The molecule has 2 aliphatic rings. The molecule has 1 saturated carbocycles. The molecule has 0 aromatic carbocycles. The SMILES string of the molecule is CC(C)=CCN1C(=O)C(C)(C2CC2)NC(=O)C1C(C)(C)C. The van der Waals surface area contributed by atoms with Gasteiger partial charge in [-0.2, -0.15) is 0 Å². The highest BCUT2D eigenvalue weighted by atomic mass is 16.2. The van der Waals surface area contributed by atoms with Gasteiger partial charge in [-0.05, 0) is 44.9 Å². The van der Waals surface area contributed by atoms with Crippen molar-refractivity contribution >= 4 is 11.8 Å². The molecule has 2 fully saturated rings. The van der Waals surface area contributed by atoms with E-state index in [2.05, 4.69) is 5.32 Å². The molecule has 2 unspecified atom stereocenters. The van der Waals surface area contributed by atoms with Crippen LogP contribution in [-0.4, -0.2) is 34.8 Å². The summed E-state index contributed by atoms with van der Waals surface area (Å²) in [6.07, 6.45) is 4.08. The second-order valence-corrected chi connectivity index (χ2v) is 7.97. The molecule has 1 N–H and O–H groups in total. The van der Waals surface area contributed by atoms with Crippen molar-refractivity contribution in [2.45, 2.75) is 66.0 Å². The first-order valence-corrected chi connectivity index (χ1v) is 7.84. The summed E-state index contributed by atoms with van der Waals surface area (Å²) < 4.78 is 0. The zero-order chi connectivity index (χ0) is 16.0. The Balaban J connectivity index is 2.36. The minimum atomic E-state index is -0.714. The van der Waals surface area contributed by atoms with Crippen molar-refractivity contribution in [1.82, 2.24) is 10.2 Å². The fraction of sp³-hybridized carbons (Fsp3) is 0.765. The topological polar surface area (TPSA) is 49.4 Å². The molecule has 0 radical (unpaired) electrons. The molecule has 0 aromatic rings. The van der Waals surface area contributed by atoms with Crippen LogP contribution in [0.2, 0.25) is 0 Å². The van der Waals surface area contributed by atoms with Crippen molar-refractivity contribution in [3.8, 4) is 0 Å². The minimum Gasteiger partial charge on any atom is -0.340 e. The second kappa shape index (κ2) is 5.15. The van der Waals surface area contributed by atoms with Gasteiger partial charge in [-0.25, -0.2) is 0 Å². The van der Waals surface area contributed by atoms with Crippen molar-refractivity contribution in [3.63, 3.8) is 0 Å². The van der Waals surface area contributed by atoms with Gasteiger partial charge in [0.05, 0.1) is 0 Å². The molecule has 118 valence electrons. The number of hydrogen-bond donors (Lipinski definition) is 1. The van der Waals surface area contributed by atoms with Crippen LogP contribution in [0.5, 0.6) is 0 Å². The maximum absolute atomic E-state index is 13.0. The second-order valence-electron chi connectivity index (χ2n) is 7.97. The lowest BCUT2D eigenvalue weighted by atomic mass is 9.79. The molecule has 2 amide bonds. The Hall–Kier alpha value is -1.32. The van der Waals surface area contributed by atoms with Gasteiger partial charge in [0, 0.05) is 6.54 Å². The largest absolute Gasteiger partial charge is 0.340 e. The van der Waals surface area contributed by atoms with Crippen LogP contribution in [0, 0.1) is 11.3 Å². The van der Waals surface area contributed by atoms with Crippen LogP contribution in [0.4, 0.5) is 0 Å². The Kier molecular flexibility index (Phi) is 3.94. The Morgan fingerprint density at radius 1 is 1.33 bits per heavy atom. The van der Waals surface area contributed by atoms with Gasteiger partial charge in [0.2, 0.25) is 11.8 Å². The summed E-state index contributed by atoms with van der Waals surface area (Å²) in [5.41, 5.74) is 0.170. The first-order valence-electron chi connectivity index (χ1n) is 7.84. The molecule has 0 spiro atoms. The highest BCUT2D eigenvalue weighted by molar-refractivity contribution is 6.00. The lowest BCUT2D eigenvalue weighted by Gasteiger charge is -2.48. The number of carbonyl (C=O) groups is 2. The molecule has 21 heavy (non-hydrogen) atoms. The van der Waals surface area contributed by atoms with Crippen molar-refractivity contribution in [3.05, 3.63) is 11.6 Å². The summed E-state index contributed by atoms with van der Waals surface area (Å²) in [5, 5.41) is 3.03. The Labute approximate surface area is 128 Å². The van der Waals surface area contributed by atoms with E-state index in [1.807, 2.05) is 47.6 Å². The maximum atomic E-state index is 13.0. The number of nitrogens with zero attached hydrogens (tertiary/aromatic N) is 1. The third-order valence-corrected chi connectivity index (χ3v) is 4.56. The Bertz CT molecular complexity index is 482. The zero-order valence-corrected chi connectivity index (χ0v) is 14.1. The normalized spacial score (nSPS) is 30.2. The lowest BCUT2D eigenvalue weighted by Crippen LogP contribution is -2.72. The standard InChI is InChI=1S/C17H28N2O2/c1-11(2)9-10-19-13(16(3,4)5)14(20)18-17(6,15(19)21)12-7-8-12/h9,12-13H,7-8,10H2,1-6H3,(H,18,20). The molecule has 1 aliphatic heterocycles. The van der Waals surface area contributed by atoms with Crippen molar-refractivity contribution in [1.29, 1.82) is 0 Å². The summed E-state index contributed by atoms with van der Waals surface area (Å²) in [6.45, 7) is 12.5. The van der Waals surface area contributed by atoms with E-state index in [4.69, 9.17) is 0 Å². The van der Waals surface area contributed by atoms with E-state index < -0.39 is 11.6 Å². The number of allylic oxidation sites excluding steroid dienone is 1. The molecular formula is C17H28N2O2. The van der Waals surface area contributed by atoms with Crippen LogP contribution < -0.4 is 5.32 Å². The molecular weight excluding hydrogens is 264 g/mol. The van der Waals surface area contributed by atoms with E-state index in [0.29, 0.717) is 12.5 Å². The number of nitrogens with one attached hydrogen (secondary N) is 1. The lowest BCUT2D eigenvalue weighted by molar-refractivity contribution is -0.159. The minimum absolute atomic E-state index is 0.0151. The van der Waals surface area contributed by atoms with Gasteiger partial charge in [-0.1, -0.05) is 32.4 Å². The highest BCUT2D eigenvalue weighted by Gasteiger charge is 2.56. The highest BCUT2D eigenvalue weighted by Crippen LogP contribution is 2.43. The summed E-state index contributed by atoms with van der Waals surface area (Å²) in [4.78, 5) is 27.5. The quantitative estimate of drug-likeness (QED) is 0.813. The van der Waals surface area contributed by atoms with Gasteiger partial charge in [0.1, 0.15) is 11.6 Å². The summed E-state index contributed by atoms with van der Waals surface area (Å²) in [7, 11) is 0. The van der Waals surface area contributed by atoms with E-state index in [0.717, 1.165) is 18.4 Å². The van der Waals surface area contributed by atoms with Crippen molar-refractivity contribution in [2.24, 2.45) is 11.3 Å². The van der Waals surface area contributed by atoms with Crippen molar-refractivity contribution < 1.29 is 9.59 Å². The van der Waals surface area contributed by atoms with Crippen LogP contribution in [0.25, 0.3) is 0 Å². The first kappa shape index (κ1) is 16.1. The first-order chi connectivity index (χ1) is 9.57. The summed E-state index contributed by atoms with van der Waals surface area (Å²) >= 11 is 0. The van der Waals surface area contributed by atoms with Gasteiger partial charge in [-0.15, -0.1) is 0 Å². The van der Waals surface area contributed by atoms with Crippen LogP contribution in [-0.2, 0) is 9.59 Å². The summed E-state index contributed by atoms with van der Waals surface area (Å²) in [6, 6.07) is -0.410. The average molecular weight is 292 g/mol. The predicted molar refractivity (Wildman–Crippen MR) is 83.7 cm³/mol. The molecule has 1 saturated heterocycles. The molecule has 1 aliphatic carbocycles. The molecule has 4 nitrogen and oxygen atoms in total. The third kappa shape index (κ3) is 2.99. The molecule has 2 rings (SSSR count). The van der Waals surface area contributed by atoms with Crippen molar-refractivity contribution in [2.75, 3.05) is 6.54 Å².